The zero-order valence-corrected chi connectivity index (χ0v) is 6.51. The Balaban J connectivity index is 2.06. The number of rotatable bonds is 3. The van der Waals surface area contributed by atoms with Crippen molar-refractivity contribution in [3.05, 3.63) is 17.7 Å². The van der Waals surface area contributed by atoms with Crippen molar-refractivity contribution in [3.63, 3.8) is 0 Å². The summed E-state index contributed by atoms with van der Waals surface area (Å²) in [6.45, 7) is 0.701. The highest BCUT2D eigenvalue weighted by Gasteiger charge is 2.26. The van der Waals surface area contributed by atoms with Gasteiger partial charge >= 0.3 is 0 Å². The molecule has 1 saturated carbocycles. The molecule has 1 aliphatic carbocycles. The van der Waals surface area contributed by atoms with E-state index in [0.29, 0.717) is 6.54 Å². The third kappa shape index (κ3) is 1.43. The van der Waals surface area contributed by atoms with Crippen LogP contribution in [0.25, 0.3) is 0 Å². The van der Waals surface area contributed by atoms with Crippen LogP contribution in [-0.2, 0) is 6.42 Å². The minimum atomic E-state index is 0.701. The zero-order chi connectivity index (χ0) is 7.68. The molecule has 0 radical (unpaired) electrons. The number of aromatic amines is 1. The van der Waals surface area contributed by atoms with Gasteiger partial charge in [-0.25, -0.2) is 4.98 Å². The number of imidazole rings is 1. The fourth-order valence-electron chi connectivity index (χ4n) is 1.22. The van der Waals surface area contributed by atoms with E-state index in [1.165, 1.54) is 18.5 Å². The monoisotopic (exact) mass is 151 g/mol. The lowest BCUT2D eigenvalue weighted by Gasteiger charge is -1.90. The number of nitrogens with two attached hydrogens (primary N) is 1. The van der Waals surface area contributed by atoms with E-state index in [1.54, 1.807) is 0 Å². The van der Waals surface area contributed by atoms with E-state index in [-0.39, 0.29) is 0 Å². The maximum Gasteiger partial charge on any atom is 0.109 e. The summed E-state index contributed by atoms with van der Waals surface area (Å²) in [5, 5.41) is 0. The van der Waals surface area contributed by atoms with Crippen molar-refractivity contribution in [3.8, 4) is 0 Å². The summed E-state index contributed by atoms with van der Waals surface area (Å²) in [6.07, 6.45) is 5.42. The summed E-state index contributed by atoms with van der Waals surface area (Å²) in [7, 11) is 0. The first-order valence-corrected chi connectivity index (χ1v) is 4.14. The van der Waals surface area contributed by atoms with Gasteiger partial charge in [-0.15, -0.1) is 0 Å². The minimum absolute atomic E-state index is 0.701. The van der Waals surface area contributed by atoms with Crippen molar-refractivity contribution in [1.82, 2.24) is 9.97 Å². The van der Waals surface area contributed by atoms with Gasteiger partial charge in [-0.3, -0.25) is 0 Å². The van der Waals surface area contributed by atoms with Gasteiger partial charge in [0.05, 0.1) is 0 Å². The highest BCUT2D eigenvalue weighted by atomic mass is 14.9. The van der Waals surface area contributed by atoms with Gasteiger partial charge in [-0.1, -0.05) is 0 Å². The van der Waals surface area contributed by atoms with E-state index in [1.807, 2.05) is 6.20 Å². The van der Waals surface area contributed by atoms with Crippen LogP contribution in [0.2, 0.25) is 0 Å². The molecule has 3 N–H and O–H groups in total. The number of hydrogen-bond acceptors (Lipinski definition) is 2. The Morgan fingerprint density at radius 3 is 3.09 bits per heavy atom. The number of H-pyrrole nitrogens is 1. The van der Waals surface area contributed by atoms with E-state index in [9.17, 15) is 0 Å². The van der Waals surface area contributed by atoms with E-state index < -0.39 is 0 Å². The molecule has 0 aliphatic heterocycles. The molecule has 1 aromatic heterocycles. The number of nitrogens with one attached hydrogen (secondary N) is 1. The summed E-state index contributed by atoms with van der Waals surface area (Å²) in [6, 6.07) is 0. The van der Waals surface area contributed by atoms with Crippen LogP contribution < -0.4 is 5.73 Å². The van der Waals surface area contributed by atoms with Crippen molar-refractivity contribution in [2.45, 2.75) is 25.2 Å². The average Bonchev–Trinajstić information content (AvgIpc) is 2.75. The van der Waals surface area contributed by atoms with E-state index >= 15 is 0 Å². The summed E-state index contributed by atoms with van der Waals surface area (Å²) in [5.74, 6) is 1.88. The molecule has 0 spiro atoms. The second-order valence-electron chi connectivity index (χ2n) is 3.11. The minimum Gasteiger partial charge on any atom is -0.346 e. The van der Waals surface area contributed by atoms with Gasteiger partial charge in [-0.05, 0) is 19.4 Å². The molecule has 1 aliphatic rings. The Bertz CT molecular complexity index is 237. The molecular weight excluding hydrogens is 138 g/mol. The smallest absolute Gasteiger partial charge is 0.109 e. The first kappa shape index (κ1) is 6.85. The predicted molar refractivity (Wildman–Crippen MR) is 43.3 cm³/mol. The third-order valence-electron chi connectivity index (χ3n) is 2.03. The summed E-state index contributed by atoms with van der Waals surface area (Å²) >= 11 is 0. The van der Waals surface area contributed by atoms with Crippen molar-refractivity contribution in [1.29, 1.82) is 0 Å². The third-order valence-corrected chi connectivity index (χ3v) is 2.03. The number of aromatic nitrogens is 2. The quantitative estimate of drug-likeness (QED) is 0.671. The standard InChI is InChI=1S/C8H13N3/c9-4-3-7-5-10-8(11-7)6-1-2-6/h5-6H,1-4,9H2,(H,10,11). The van der Waals surface area contributed by atoms with Crippen LogP contribution in [0.4, 0.5) is 0 Å². The largest absolute Gasteiger partial charge is 0.346 e. The maximum absolute atomic E-state index is 5.41. The fraction of sp³-hybridized carbons (Fsp3) is 0.625. The Morgan fingerprint density at radius 1 is 1.64 bits per heavy atom. The molecule has 0 saturated heterocycles. The molecule has 0 unspecified atom stereocenters. The van der Waals surface area contributed by atoms with Gasteiger partial charge in [-0.2, -0.15) is 0 Å². The predicted octanol–water partition coefficient (Wildman–Crippen LogP) is 0.788. The number of nitrogens with zero attached hydrogens (tertiary/aromatic N) is 1. The molecule has 0 bridgehead atoms. The van der Waals surface area contributed by atoms with E-state index in [0.717, 1.165) is 18.2 Å². The zero-order valence-electron chi connectivity index (χ0n) is 6.51. The molecule has 3 nitrogen and oxygen atoms in total. The lowest BCUT2D eigenvalue weighted by atomic mass is 10.3. The Morgan fingerprint density at radius 2 is 2.45 bits per heavy atom. The molecule has 60 valence electrons. The molecular formula is C8H13N3. The first-order chi connectivity index (χ1) is 5.40. The molecule has 3 heteroatoms. The van der Waals surface area contributed by atoms with Crippen LogP contribution in [0.3, 0.4) is 0 Å². The normalized spacial score (nSPS) is 17.2. The highest BCUT2D eigenvalue weighted by molar-refractivity contribution is 5.10. The molecule has 0 amide bonds. The molecule has 0 aromatic carbocycles. The van der Waals surface area contributed by atoms with Crippen LogP contribution in [0, 0.1) is 0 Å². The number of hydrogen-bond donors (Lipinski definition) is 2. The van der Waals surface area contributed by atoms with Crippen LogP contribution >= 0.6 is 0 Å². The SMILES string of the molecule is NCCc1cnc(C2CC2)[nH]1. The average molecular weight is 151 g/mol. The van der Waals surface area contributed by atoms with E-state index in [2.05, 4.69) is 9.97 Å². The second kappa shape index (κ2) is 2.66. The van der Waals surface area contributed by atoms with E-state index in [4.69, 9.17) is 5.73 Å². The lowest BCUT2D eigenvalue weighted by Crippen LogP contribution is -2.02. The first-order valence-electron chi connectivity index (χ1n) is 4.14. The van der Waals surface area contributed by atoms with Crippen molar-refractivity contribution in [2.24, 2.45) is 5.73 Å². The van der Waals surface area contributed by atoms with Crippen LogP contribution in [-0.4, -0.2) is 16.5 Å². The van der Waals surface area contributed by atoms with Gasteiger partial charge in [0.25, 0.3) is 0 Å². The van der Waals surface area contributed by atoms with Gasteiger partial charge in [0, 0.05) is 24.2 Å². The molecule has 1 aromatic rings. The molecule has 1 heterocycles. The van der Waals surface area contributed by atoms with Gasteiger partial charge in [0.2, 0.25) is 0 Å². The Hall–Kier alpha value is -0.830. The van der Waals surface area contributed by atoms with Crippen LogP contribution in [0.15, 0.2) is 6.20 Å². The lowest BCUT2D eigenvalue weighted by molar-refractivity contribution is 0.908. The second-order valence-corrected chi connectivity index (χ2v) is 3.11. The van der Waals surface area contributed by atoms with Crippen molar-refractivity contribution >= 4 is 0 Å². The molecule has 2 rings (SSSR count). The van der Waals surface area contributed by atoms with Gasteiger partial charge in [0.1, 0.15) is 5.82 Å². The summed E-state index contributed by atoms with van der Waals surface area (Å²) in [5.41, 5.74) is 6.59. The summed E-state index contributed by atoms with van der Waals surface area (Å²) in [4.78, 5) is 7.57. The van der Waals surface area contributed by atoms with Crippen LogP contribution in [0.1, 0.15) is 30.3 Å². The molecule has 1 fully saturated rings. The van der Waals surface area contributed by atoms with Crippen LogP contribution in [0.5, 0.6) is 0 Å². The van der Waals surface area contributed by atoms with Crippen molar-refractivity contribution in [2.75, 3.05) is 6.54 Å². The van der Waals surface area contributed by atoms with Crippen molar-refractivity contribution < 1.29 is 0 Å². The molecule has 0 atom stereocenters. The highest BCUT2D eigenvalue weighted by Crippen LogP contribution is 2.37. The summed E-state index contributed by atoms with van der Waals surface area (Å²) < 4.78 is 0. The Kier molecular flexibility index (Phi) is 1.66. The maximum atomic E-state index is 5.41. The molecule has 11 heavy (non-hydrogen) atoms. The fourth-order valence-corrected chi connectivity index (χ4v) is 1.22. The van der Waals surface area contributed by atoms with Gasteiger partial charge in [0.15, 0.2) is 0 Å². The Labute approximate surface area is 66.0 Å². The van der Waals surface area contributed by atoms with Gasteiger partial charge < -0.3 is 10.7 Å². The topological polar surface area (TPSA) is 54.7 Å².